The fraction of sp³-hybridized carbons (Fsp3) is 0.273. The number of ether oxygens (including phenoxy) is 2. The highest BCUT2D eigenvalue weighted by molar-refractivity contribution is 6.44. The van der Waals surface area contributed by atoms with Crippen LogP contribution in [0.5, 0.6) is 11.5 Å². The first-order valence-electron chi connectivity index (χ1n) is 10.1. The lowest BCUT2D eigenvalue weighted by Crippen LogP contribution is -2.38. The summed E-state index contributed by atoms with van der Waals surface area (Å²) in [6, 6.07) is 9.88. The van der Waals surface area contributed by atoms with E-state index in [4.69, 9.17) is 32.7 Å². The Kier molecular flexibility index (Phi) is 8.51. The third-order valence-electron chi connectivity index (χ3n) is 4.35. The predicted octanol–water partition coefficient (Wildman–Crippen LogP) is 3.14. The number of rotatable bonds is 9. The van der Waals surface area contributed by atoms with Crippen molar-refractivity contribution in [3.63, 3.8) is 0 Å². The highest BCUT2D eigenvalue weighted by Crippen LogP contribution is 2.30. The van der Waals surface area contributed by atoms with Crippen molar-refractivity contribution < 1.29 is 23.9 Å². The van der Waals surface area contributed by atoms with E-state index >= 15 is 0 Å². The molecular formula is C22H22Cl2N4O5. The van der Waals surface area contributed by atoms with Gasteiger partial charge in [-0.3, -0.25) is 14.4 Å². The molecule has 0 unspecified atom stereocenters. The van der Waals surface area contributed by atoms with Gasteiger partial charge in [0.05, 0.1) is 28.6 Å². The minimum absolute atomic E-state index is 0.0816. The van der Waals surface area contributed by atoms with E-state index in [1.165, 1.54) is 6.21 Å². The van der Waals surface area contributed by atoms with Crippen LogP contribution in [0.25, 0.3) is 0 Å². The lowest BCUT2D eigenvalue weighted by molar-refractivity contribution is -0.139. The molecule has 1 saturated carbocycles. The van der Waals surface area contributed by atoms with E-state index in [0.29, 0.717) is 34.4 Å². The van der Waals surface area contributed by atoms with E-state index in [0.717, 1.165) is 12.8 Å². The van der Waals surface area contributed by atoms with E-state index in [-0.39, 0.29) is 17.7 Å². The van der Waals surface area contributed by atoms with Gasteiger partial charge in [-0.25, -0.2) is 5.43 Å². The van der Waals surface area contributed by atoms with Crippen molar-refractivity contribution in [3.05, 3.63) is 52.0 Å². The van der Waals surface area contributed by atoms with Crippen molar-refractivity contribution in [2.45, 2.75) is 25.8 Å². The lowest BCUT2D eigenvalue weighted by atomic mass is 10.2. The van der Waals surface area contributed by atoms with Crippen LogP contribution in [-0.2, 0) is 14.4 Å². The zero-order valence-corrected chi connectivity index (χ0v) is 19.2. The summed E-state index contributed by atoms with van der Waals surface area (Å²) in [6.45, 7) is 1.87. The molecule has 0 aromatic heterocycles. The number of amides is 3. The zero-order chi connectivity index (χ0) is 23.8. The molecule has 11 heteroatoms. The second kappa shape index (κ2) is 11.5. The Bertz CT molecular complexity index is 1070. The Morgan fingerprint density at radius 2 is 1.88 bits per heavy atom. The van der Waals surface area contributed by atoms with Crippen LogP contribution < -0.4 is 25.5 Å². The maximum atomic E-state index is 12.2. The lowest BCUT2D eigenvalue weighted by Gasteiger charge is -2.13. The average molecular weight is 493 g/mol. The molecular weight excluding hydrogens is 471 g/mol. The van der Waals surface area contributed by atoms with Gasteiger partial charge in [-0.15, -0.1) is 0 Å². The molecule has 1 fully saturated rings. The van der Waals surface area contributed by atoms with Gasteiger partial charge >= 0.3 is 11.8 Å². The molecule has 1 aliphatic carbocycles. The average Bonchev–Trinajstić information content (AvgIpc) is 3.60. The molecule has 0 bridgehead atoms. The van der Waals surface area contributed by atoms with E-state index in [1.54, 1.807) is 43.3 Å². The van der Waals surface area contributed by atoms with Crippen LogP contribution in [0.2, 0.25) is 10.0 Å². The molecule has 0 spiro atoms. The minimum Gasteiger partial charge on any atom is -0.490 e. The summed E-state index contributed by atoms with van der Waals surface area (Å²) >= 11 is 12.0. The summed E-state index contributed by atoms with van der Waals surface area (Å²) < 4.78 is 11.2. The second-order valence-corrected chi connectivity index (χ2v) is 7.81. The number of hydrogen-bond donors (Lipinski definition) is 3. The number of carbonyl (C=O) groups excluding carboxylic acids is 3. The van der Waals surface area contributed by atoms with Gasteiger partial charge in [-0.2, -0.15) is 5.10 Å². The first-order valence-corrected chi connectivity index (χ1v) is 10.9. The number of nitrogens with one attached hydrogen (secondary N) is 3. The van der Waals surface area contributed by atoms with Gasteiger partial charge in [0, 0.05) is 6.04 Å². The van der Waals surface area contributed by atoms with Crippen LogP contribution in [-0.4, -0.2) is 43.2 Å². The fourth-order valence-corrected chi connectivity index (χ4v) is 2.97. The minimum atomic E-state index is -0.839. The van der Waals surface area contributed by atoms with E-state index < -0.39 is 17.7 Å². The molecule has 0 heterocycles. The maximum absolute atomic E-state index is 12.2. The molecule has 2 aromatic rings. The summed E-state index contributed by atoms with van der Waals surface area (Å²) in [5.41, 5.74) is 3.14. The van der Waals surface area contributed by atoms with Crippen molar-refractivity contribution in [2.75, 3.05) is 18.5 Å². The summed E-state index contributed by atoms with van der Waals surface area (Å²) in [6.07, 6.45) is 3.13. The third-order valence-corrected chi connectivity index (χ3v) is 5.17. The van der Waals surface area contributed by atoms with Crippen LogP contribution >= 0.6 is 23.2 Å². The number of anilines is 1. The van der Waals surface area contributed by atoms with Gasteiger partial charge in [0.25, 0.3) is 5.91 Å². The molecule has 3 rings (SSSR count). The number of carbonyl (C=O) groups is 3. The summed E-state index contributed by atoms with van der Waals surface area (Å²) in [5, 5.41) is 9.56. The Labute approximate surface area is 200 Å². The van der Waals surface area contributed by atoms with Crippen LogP contribution in [0.3, 0.4) is 0 Å². The van der Waals surface area contributed by atoms with Crippen LogP contribution in [0.1, 0.15) is 25.3 Å². The van der Waals surface area contributed by atoms with Crippen molar-refractivity contribution in [3.8, 4) is 11.5 Å². The molecule has 0 atom stereocenters. The maximum Gasteiger partial charge on any atom is 0.329 e. The van der Waals surface area contributed by atoms with Gasteiger partial charge in [-0.1, -0.05) is 29.3 Å². The quantitative estimate of drug-likeness (QED) is 0.282. The Balaban J connectivity index is 1.57. The van der Waals surface area contributed by atoms with Gasteiger partial charge in [0.15, 0.2) is 18.1 Å². The second-order valence-electron chi connectivity index (χ2n) is 7.02. The van der Waals surface area contributed by atoms with Crippen molar-refractivity contribution >= 4 is 52.8 Å². The molecule has 3 N–H and O–H groups in total. The van der Waals surface area contributed by atoms with Gasteiger partial charge in [0.2, 0.25) is 0 Å². The SMILES string of the molecule is CCOc1cc(/C=N\NC(=O)C(=O)NC2CC2)ccc1OCC(=O)Nc1cccc(Cl)c1Cl. The number of benzene rings is 2. The Hall–Kier alpha value is -3.30. The van der Waals surface area contributed by atoms with E-state index in [9.17, 15) is 14.4 Å². The van der Waals surface area contributed by atoms with Gasteiger partial charge in [0.1, 0.15) is 0 Å². The number of hydrogen-bond acceptors (Lipinski definition) is 6. The van der Waals surface area contributed by atoms with Gasteiger partial charge < -0.3 is 20.1 Å². The zero-order valence-electron chi connectivity index (χ0n) is 17.7. The molecule has 174 valence electrons. The molecule has 0 aliphatic heterocycles. The highest BCUT2D eigenvalue weighted by Gasteiger charge is 2.26. The number of halogens is 2. The predicted molar refractivity (Wildman–Crippen MR) is 125 cm³/mol. The summed E-state index contributed by atoms with van der Waals surface area (Å²) in [5.74, 6) is -1.26. The van der Waals surface area contributed by atoms with Crippen LogP contribution in [0.15, 0.2) is 41.5 Å². The topological polar surface area (TPSA) is 118 Å². The number of hydrazone groups is 1. The summed E-state index contributed by atoms with van der Waals surface area (Å²) in [4.78, 5) is 35.6. The highest BCUT2D eigenvalue weighted by atomic mass is 35.5. The molecule has 3 amide bonds. The first-order chi connectivity index (χ1) is 15.9. The normalized spacial score (nSPS) is 12.8. The smallest absolute Gasteiger partial charge is 0.329 e. The Morgan fingerprint density at radius 3 is 2.61 bits per heavy atom. The largest absolute Gasteiger partial charge is 0.490 e. The first kappa shape index (κ1) is 24.3. The van der Waals surface area contributed by atoms with Crippen molar-refractivity contribution in [1.82, 2.24) is 10.7 Å². The fourth-order valence-electron chi connectivity index (χ4n) is 2.62. The molecule has 0 saturated heterocycles. The molecule has 9 nitrogen and oxygen atoms in total. The van der Waals surface area contributed by atoms with E-state index in [2.05, 4.69) is 21.2 Å². The standard InChI is InChI=1S/C22H22Cl2N4O5/c1-2-32-18-10-13(11-25-28-22(31)21(30)26-14-7-8-14)6-9-17(18)33-12-19(29)27-16-5-3-4-15(23)20(16)24/h3-6,9-11,14H,2,7-8,12H2,1H3,(H,26,30)(H,27,29)(H,28,31)/b25-11-. The van der Waals surface area contributed by atoms with Gasteiger partial charge in [-0.05, 0) is 55.7 Å². The molecule has 0 radical (unpaired) electrons. The summed E-state index contributed by atoms with van der Waals surface area (Å²) in [7, 11) is 0. The monoisotopic (exact) mass is 492 g/mol. The van der Waals surface area contributed by atoms with Crippen LogP contribution in [0.4, 0.5) is 5.69 Å². The van der Waals surface area contributed by atoms with Crippen LogP contribution in [0, 0.1) is 0 Å². The van der Waals surface area contributed by atoms with Crippen molar-refractivity contribution in [1.29, 1.82) is 0 Å². The number of nitrogens with zero attached hydrogens (tertiary/aromatic N) is 1. The Morgan fingerprint density at radius 1 is 1.09 bits per heavy atom. The molecule has 2 aromatic carbocycles. The van der Waals surface area contributed by atoms with Crippen molar-refractivity contribution in [2.24, 2.45) is 5.10 Å². The third kappa shape index (κ3) is 7.37. The van der Waals surface area contributed by atoms with E-state index in [1.807, 2.05) is 0 Å². The molecule has 1 aliphatic rings. The molecule has 33 heavy (non-hydrogen) atoms.